The molecule has 1 aromatic heterocycles. The van der Waals surface area contributed by atoms with Crippen molar-refractivity contribution >= 4 is 33.8 Å². The monoisotopic (exact) mass is 523 g/mol. The van der Waals surface area contributed by atoms with E-state index < -0.39 is 15.9 Å². The summed E-state index contributed by atoms with van der Waals surface area (Å²) in [5.41, 5.74) is 5.26. The molecule has 9 heteroatoms. The van der Waals surface area contributed by atoms with Crippen molar-refractivity contribution in [2.45, 2.75) is 45.4 Å². The number of aryl methyl sites for hydroxylation is 4. The summed E-state index contributed by atoms with van der Waals surface area (Å²) < 4.78 is 39.5. The first-order valence-corrected chi connectivity index (χ1v) is 13.7. The third-order valence-corrected chi connectivity index (χ3v) is 8.69. The van der Waals surface area contributed by atoms with E-state index in [1.807, 2.05) is 26.8 Å². The molecule has 1 aliphatic rings. The van der Waals surface area contributed by atoms with Crippen molar-refractivity contribution in [2.75, 3.05) is 25.5 Å². The van der Waals surface area contributed by atoms with E-state index in [1.54, 1.807) is 44.4 Å². The minimum absolute atomic E-state index is 0.0417. The first-order chi connectivity index (χ1) is 17.6. The normalized spacial score (nSPS) is 16.7. The van der Waals surface area contributed by atoms with Gasteiger partial charge >= 0.3 is 0 Å². The molecule has 37 heavy (non-hydrogen) atoms. The van der Waals surface area contributed by atoms with Crippen molar-refractivity contribution in [1.29, 1.82) is 0 Å². The molecule has 4 rings (SSSR count). The summed E-state index contributed by atoms with van der Waals surface area (Å²) in [4.78, 5) is 13.0. The molecule has 0 saturated carbocycles. The fourth-order valence-electron chi connectivity index (χ4n) is 4.86. The highest BCUT2D eigenvalue weighted by molar-refractivity contribution is 7.89. The number of hydrogen-bond acceptors (Lipinski definition) is 6. The number of carbonyl (C=O) groups is 1. The molecule has 1 N–H and O–H groups in total. The Kier molecular flexibility index (Phi) is 7.85. The number of anilines is 1. The zero-order valence-corrected chi connectivity index (χ0v) is 22.7. The highest BCUT2D eigenvalue weighted by atomic mass is 32.2. The molecule has 2 aromatic carbocycles. The van der Waals surface area contributed by atoms with Crippen LogP contribution in [0.1, 0.15) is 46.5 Å². The minimum Gasteiger partial charge on any atom is -0.497 e. The van der Waals surface area contributed by atoms with Crippen molar-refractivity contribution in [2.24, 2.45) is 5.92 Å². The van der Waals surface area contributed by atoms with E-state index in [1.165, 1.54) is 9.87 Å². The van der Waals surface area contributed by atoms with Gasteiger partial charge in [-0.1, -0.05) is 35.0 Å². The van der Waals surface area contributed by atoms with Crippen LogP contribution >= 0.6 is 0 Å². The number of carbonyl (C=O) groups excluding carboxylic acids is 1. The van der Waals surface area contributed by atoms with E-state index in [2.05, 4.69) is 22.6 Å². The first kappa shape index (κ1) is 26.6. The lowest BCUT2D eigenvalue weighted by Crippen LogP contribution is -2.43. The second-order valence-electron chi connectivity index (χ2n) is 9.53. The van der Waals surface area contributed by atoms with Crippen molar-refractivity contribution in [3.63, 3.8) is 0 Å². The Labute approximate surface area is 218 Å². The van der Waals surface area contributed by atoms with Crippen LogP contribution in [0.15, 0.2) is 45.8 Å². The molecule has 196 valence electrons. The van der Waals surface area contributed by atoms with Gasteiger partial charge in [0, 0.05) is 24.8 Å². The number of nitrogens with one attached hydrogen (secondary N) is 1. The predicted molar refractivity (Wildman–Crippen MR) is 144 cm³/mol. The van der Waals surface area contributed by atoms with Gasteiger partial charge in [-0.05, 0) is 75.4 Å². The Morgan fingerprint density at radius 1 is 1.14 bits per heavy atom. The lowest BCUT2D eigenvalue weighted by molar-refractivity contribution is -0.120. The predicted octanol–water partition coefficient (Wildman–Crippen LogP) is 5.13. The molecule has 0 spiro atoms. The van der Waals surface area contributed by atoms with Crippen LogP contribution in [0.25, 0.3) is 12.2 Å². The topological polar surface area (TPSA) is 102 Å². The van der Waals surface area contributed by atoms with Gasteiger partial charge in [0.1, 0.15) is 11.4 Å². The van der Waals surface area contributed by atoms with Crippen LogP contribution < -0.4 is 10.1 Å². The first-order valence-electron chi connectivity index (χ1n) is 12.3. The van der Waals surface area contributed by atoms with E-state index in [4.69, 9.17) is 9.26 Å². The van der Waals surface area contributed by atoms with Crippen LogP contribution in [-0.4, -0.2) is 44.0 Å². The van der Waals surface area contributed by atoms with Gasteiger partial charge in [0.25, 0.3) is 0 Å². The van der Waals surface area contributed by atoms with Gasteiger partial charge in [-0.25, -0.2) is 8.42 Å². The Hall–Kier alpha value is -3.43. The van der Waals surface area contributed by atoms with Gasteiger partial charge < -0.3 is 14.6 Å². The summed E-state index contributed by atoms with van der Waals surface area (Å²) in [6.07, 6.45) is 4.70. The zero-order chi connectivity index (χ0) is 26.7. The molecular weight excluding hydrogens is 490 g/mol. The van der Waals surface area contributed by atoms with E-state index >= 15 is 0 Å². The third kappa shape index (κ3) is 5.78. The molecule has 8 nitrogen and oxygen atoms in total. The lowest BCUT2D eigenvalue weighted by Gasteiger charge is -2.31. The molecule has 1 amide bonds. The van der Waals surface area contributed by atoms with Crippen molar-refractivity contribution in [3.05, 3.63) is 70.1 Å². The van der Waals surface area contributed by atoms with Crippen molar-refractivity contribution < 1.29 is 22.5 Å². The minimum atomic E-state index is -3.94. The average molecular weight is 524 g/mol. The summed E-state index contributed by atoms with van der Waals surface area (Å²) in [5, 5.41) is 6.84. The number of nitrogens with zero attached hydrogens (tertiary/aromatic N) is 2. The van der Waals surface area contributed by atoms with E-state index in [0.717, 1.165) is 16.7 Å². The molecule has 2 heterocycles. The number of ether oxygens (including phenoxy) is 1. The number of methoxy groups -OCH3 is 1. The molecule has 1 aliphatic heterocycles. The van der Waals surface area contributed by atoms with Gasteiger partial charge in [0.15, 0.2) is 10.7 Å². The summed E-state index contributed by atoms with van der Waals surface area (Å²) in [5.74, 6) is 0.109. The average Bonchev–Trinajstić information content (AvgIpc) is 3.24. The Morgan fingerprint density at radius 2 is 1.86 bits per heavy atom. The standard InChI is InChI=1S/C28H33N3O5S/c1-18-14-19(2)25(20(3)15-18)11-12-26-27(21(4)30-36-26)37(33,34)31-13-7-8-22(17-31)28(32)29-23-9-6-10-24(16-23)35-5/h6,9-12,14-16,22H,7-8,13,17H2,1-5H3,(H,29,32)/b12-11+. The van der Waals surface area contributed by atoms with Crippen LogP contribution in [0.2, 0.25) is 0 Å². The lowest BCUT2D eigenvalue weighted by atomic mass is 9.98. The molecule has 1 fully saturated rings. The number of sulfonamides is 1. The van der Waals surface area contributed by atoms with Gasteiger partial charge in [-0.15, -0.1) is 0 Å². The van der Waals surface area contributed by atoms with Crippen LogP contribution in [0, 0.1) is 33.6 Å². The molecule has 1 atom stereocenters. The fourth-order valence-corrected chi connectivity index (χ4v) is 6.63. The number of rotatable bonds is 7. The maximum absolute atomic E-state index is 13.7. The molecule has 1 saturated heterocycles. The van der Waals surface area contributed by atoms with Crippen molar-refractivity contribution in [1.82, 2.24) is 9.46 Å². The van der Waals surface area contributed by atoms with Crippen LogP contribution in [0.4, 0.5) is 5.69 Å². The SMILES string of the molecule is COc1cccc(NC(=O)C2CCCN(S(=O)(=O)c3c(C)noc3/C=C/c3c(C)cc(C)cc3C)C2)c1. The quantitative estimate of drug-likeness (QED) is 0.461. The fraction of sp³-hybridized carbons (Fsp3) is 0.357. The maximum Gasteiger partial charge on any atom is 0.248 e. The number of amides is 1. The molecule has 3 aromatic rings. The number of hydrogen-bond donors (Lipinski definition) is 1. The van der Waals surface area contributed by atoms with E-state index in [-0.39, 0.29) is 23.1 Å². The number of benzene rings is 2. The smallest absolute Gasteiger partial charge is 0.248 e. The number of piperidine rings is 1. The Balaban J connectivity index is 1.55. The van der Waals surface area contributed by atoms with Gasteiger partial charge in [-0.3, -0.25) is 4.79 Å². The third-order valence-electron chi connectivity index (χ3n) is 6.66. The molecule has 0 aliphatic carbocycles. The molecule has 0 bridgehead atoms. The van der Waals surface area contributed by atoms with Crippen LogP contribution in [0.5, 0.6) is 5.75 Å². The second-order valence-corrected chi connectivity index (χ2v) is 11.4. The Bertz CT molecular complexity index is 1420. The van der Waals surface area contributed by atoms with Crippen molar-refractivity contribution in [3.8, 4) is 5.75 Å². The highest BCUT2D eigenvalue weighted by Gasteiger charge is 2.37. The summed E-state index contributed by atoms with van der Waals surface area (Å²) in [7, 11) is -2.38. The largest absolute Gasteiger partial charge is 0.497 e. The summed E-state index contributed by atoms with van der Waals surface area (Å²) in [6, 6.07) is 11.2. The second kappa shape index (κ2) is 10.9. The number of aromatic nitrogens is 1. The Morgan fingerprint density at radius 3 is 2.57 bits per heavy atom. The van der Waals surface area contributed by atoms with Gasteiger partial charge in [0.2, 0.25) is 15.9 Å². The van der Waals surface area contributed by atoms with E-state index in [9.17, 15) is 13.2 Å². The zero-order valence-electron chi connectivity index (χ0n) is 21.9. The van der Waals surface area contributed by atoms with Gasteiger partial charge in [0.05, 0.1) is 13.0 Å². The van der Waals surface area contributed by atoms with Crippen LogP contribution in [0.3, 0.4) is 0 Å². The molecule has 1 unspecified atom stereocenters. The van der Waals surface area contributed by atoms with Crippen LogP contribution in [-0.2, 0) is 14.8 Å². The molecular formula is C28H33N3O5S. The molecule has 0 radical (unpaired) electrons. The summed E-state index contributed by atoms with van der Waals surface area (Å²) >= 11 is 0. The summed E-state index contributed by atoms with van der Waals surface area (Å²) in [6.45, 7) is 8.12. The highest BCUT2D eigenvalue weighted by Crippen LogP contribution is 2.30. The van der Waals surface area contributed by atoms with Gasteiger partial charge in [-0.2, -0.15) is 4.31 Å². The maximum atomic E-state index is 13.7. The van der Waals surface area contributed by atoms with E-state index in [0.29, 0.717) is 36.5 Å².